The molecule has 0 N–H and O–H groups in total. The molecule has 54 valence electrons. The minimum absolute atomic E-state index is 0.509. The van der Waals surface area contributed by atoms with E-state index in [4.69, 9.17) is 46.4 Å². The highest BCUT2D eigenvalue weighted by Gasteiger charge is 1.78. The van der Waals surface area contributed by atoms with E-state index < -0.39 is 9.54 Å². The fourth-order valence-electron chi connectivity index (χ4n) is 0. The molecule has 9 heavy (non-hydrogen) atoms. The maximum absolute atomic E-state index is 9.46. The van der Waals surface area contributed by atoms with E-state index in [0.717, 1.165) is 6.08 Å². The van der Waals surface area contributed by atoms with Crippen molar-refractivity contribution in [3.8, 4) is 0 Å². The summed E-state index contributed by atoms with van der Waals surface area (Å²) in [5, 5.41) is -0.509. The molecule has 0 heterocycles. The maximum atomic E-state index is 9.46. The molecule has 1 nitrogen and oxygen atoms in total. The summed E-state index contributed by atoms with van der Waals surface area (Å²) < 4.78 is -0.750. The summed E-state index contributed by atoms with van der Waals surface area (Å²) in [6.45, 7) is 3.08. The van der Waals surface area contributed by atoms with Gasteiger partial charge in [0.05, 0.1) is 0 Å². The zero-order valence-electron chi connectivity index (χ0n) is 4.28. The Morgan fingerprint density at radius 1 is 1.44 bits per heavy atom. The van der Waals surface area contributed by atoms with Gasteiger partial charge in [-0.15, -0.1) is 0 Å². The average Bonchev–Trinajstić information content (AvgIpc) is 1.65. The van der Waals surface area contributed by atoms with Gasteiger partial charge in [-0.3, -0.25) is 4.79 Å². The molecule has 0 saturated heterocycles. The maximum Gasteiger partial charge on any atom is 0.244 e. The van der Waals surface area contributed by atoms with E-state index in [1.54, 1.807) is 0 Å². The van der Waals surface area contributed by atoms with Crippen molar-refractivity contribution in [3.05, 3.63) is 12.7 Å². The monoisotopic (exact) mass is 208 g/mol. The lowest BCUT2D eigenvalue weighted by Crippen LogP contribution is -1.67. The van der Waals surface area contributed by atoms with Crippen molar-refractivity contribution < 1.29 is 4.79 Å². The van der Waals surface area contributed by atoms with Crippen molar-refractivity contribution in [2.45, 2.75) is 4.30 Å². The van der Waals surface area contributed by atoms with Gasteiger partial charge < -0.3 is 0 Å². The third-order valence-corrected chi connectivity index (χ3v) is 0.315. The number of rotatable bonds is 1. The normalized spacial score (nSPS) is 7.67. The zero-order valence-corrected chi connectivity index (χ0v) is 7.31. The first-order chi connectivity index (χ1) is 4.00. The molecule has 0 aliphatic rings. The highest BCUT2D eigenvalue weighted by Crippen LogP contribution is 2.03. The van der Waals surface area contributed by atoms with Crippen LogP contribution in [0.4, 0.5) is 0 Å². The van der Waals surface area contributed by atoms with Crippen LogP contribution in [0.5, 0.6) is 0 Å². The molecule has 0 aromatic rings. The van der Waals surface area contributed by atoms with E-state index in [1.807, 2.05) is 0 Å². The lowest BCUT2D eigenvalue weighted by Gasteiger charge is -1.69. The van der Waals surface area contributed by atoms with Crippen LogP contribution in [0, 0.1) is 0 Å². The molecule has 0 saturated carbocycles. The lowest BCUT2D eigenvalue weighted by atomic mass is 10.7. The Kier molecular flexibility index (Phi) is 11.7. The Hall–Kier alpha value is 0.570. The summed E-state index contributed by atoms with van der Waals surface area (Å²) in [5.74, 6) is 0. The molecule has 0 aromatic carbocycles. The van der Waals surface area contributed by atoms with Gasteiger partial charge in [0.1, 0.15) is 0 Å². The second kappa shape index (κ2) is 8.57. The third-order valence-electron chi connectivity index (χ3n) is 0.160. The van der Waals surface area contributed by atoms with E-state index >= 15 is 0 Å². The number of carbonyl (C=O) groups excluding carboxylic acids is 1. The molecular weight excluding hydrogens is 206 g/mol. The van der Waals surface area contributed by atoms with Crippen LogP contribution >= 0.6 is 46.4 Å². The Bertz CT molecular complexity index is 87.8. The van der Waals surface area contributed by atoms with Gasteiger partial charge >= 0.3 is 0 Å². The summed E-state index contributed by atoms with van der Waals surface area (Å²) in [4.78, 5) is 9.46. The van der Waals surface area contributed by atoms with E-state index in [1.165, 1.54) is 0 Å². The molecule has 0 unspecified atom stereocenters. The summed E-state index contributed by atoms with van der Waals surface area (Å²) in [6.07, 6.45) is 1.04. The summed E-state index contributed by atoms with van der Waals surface area (Å²) in [6, 6.07) is 0. The number of hydrogen-bond acceptors (Lipinski definition) is 1. The molecule has 0 aliphatic carbocycles. The fourth-order valence-corrected chi connectivity index (χ4v) is 0. The van der Waals surface area contributed by atoms with Crippen LogP contribution in [0.15, 0.2) is 12.7 Å². The van der Waals surface area contributed by atoms with Crippen LogP contribution < -0.4 is 0 Å². The first-order valence-electron chi connectivity index (χ1n) is 1.74. The number of carbonyl (C=O) groups is 1. The highest BCUT2D eigenvalue weighted by atomic mass is 35.6. The summed E-state index contributed by atoms with van der Waals surface area (Å²) in [7, 11) is 0. The van der Waals surface area contributed by atoms with Gasteiger partial charge in [0.25, 0.3) is 0 Å². The second-order valence-electron chi connectivity index (χ2n) is 0.756. The lowest BCUT2D eigenvalue weighted by molar-refractivity contribution is -0.107. The van der Waals surface area contributed by atoms with E-state index in [9.17, 15) is 4.79 Å². The molecule has 5 heteroatoms. The van der Waals surface area contributed by atoms with Crippen molar-refractivity contribution in [1.29, 1.82) is 0 Å². The Labute approximate surface area is 73.5 Å². The molecule has 0 aliphatic heterocycles. The van der Waals surface area contributed by atoms with Gasteiger partial charge in [-0.1, -0.05) is 41.4 Å². The van der Waals surface area contributed by atoms with Crippen molar-refractivity contribution >= 4 is 51.6 Å². The minimum atomic E-state index is -0.750. The molecule has 0 aromatic heterocycles. The standard InChI is InChI=1S/C3H3ClO.CHCl3/c1-2-3(4)5;2-1(3)4/h2H,1H2;1H. The van der Waals surface area contributed by atoms with Gasteiger partial charge in [-0.05, 0) is 17.7 Å². The van der Waals surface area contributed by atoms with Gasteiger partial charge in [0, 0.05) is 0 Å². The second-order valence-corrected chi connectivity index (χ2v) is 3.11. The van der Waals surface area contributed by atoms with E-state index in [0.29, 0.717) is 0 Å². The SMILES string of the molecule is C=CC(=O)Cl.ClC(Cl)Cl. The average molecular weight is 210 g/mol. The number of alkyl halides is 3. The predicted octanol–water partition coefficient (Wildman–Crippen LogP) is 2.92. The van der Waals surface area contributed by atoms with Crippen LogP contribution in [0.1, 0.15) is 0 Å². The smallest absolute Gasteiger partial charge is 0.244 e. The Morgan fingerprint density at radius 2 is 1.56 bits per heavy atom. The molecular formula is C4H4Cl4O. The van der Waals surface area contributed by atoms with Crippen molar-refractivity contribution in [2.24, 2.45) is 0 Å². The van der Waals surface area contributed by atoms with Crippen molar-refractivity contribution in [3.63, 3.8) is 0 Å². The summed E-state index contributed by atoms with van der Waals surface area (Å²) >= 11 is 19.1. The molecule has 0 spiro atoms. The van der Waals surface area contributed by atoms with E-state index in [-0.39, 0.29) is 0 Å². The zero-order chi connectivity index (χ0) is 7.86. The summed E-state index contributed by atoms with van der Waals surface area (Å²) in [5.41, 5.74) is 0. The van der Waals surface area contributed by atoms with Crippen LogP contribution in [0.25, 0.3) is 0 Å². The number of hydrogen-bond donors (Lipinski definition) is 0. The number of allylic oxidation sites excluding steroid dienone is 1. The van der Waals surface area contributed by atoms with Gasteiger partial charge in [0.2, 0.25) is 5.24 Å². The molecule has 0 amide bonds. The van der Waals surface area contributed by atoms with Crippen molar-refractivity contribution in [2.75, 3.05) is 0 Å². The molecule has 0 fully saturated rings. The Balaban J connectivity index is 0. The van der Waals surface area contributed by atoms with Crippen LogP contribution in [-0.4, -0.2) is 9.54 Å². The molecule has 0 atom stereocenters. The minimum Gasteiger partial charge on any atom is -0.276 e. The number of halogens is 4. The van der Waals surface area contributed by atoms with Gasteiger partial charge in [-0.25, -0.2) is 0 Å². The van der Waals surface area contributed by atoms with Crippen LogP contribution in [-0.2, 0) is 4.79 Å². The molecule has 0 bridgehead atoms. The Morgan fingerprint density at radius 3 is 1.56 bits per heavy atom. The van der Waals surface area contributed by atoms with E-state index in [2.05, 4.69) is 6.58 Å². The largest absolute Gasteiger partial charge is 0.276 e. The van der Waals surface area contributed by atoms with Crippen LogP contribution in [0.3, 0.4) is 0 Å². The van der Waals surface area contributed by atoms with Gasteiger partial charge in [-0.2, -0.15) is 0 Å². The third kappa shape index (κ3) is 56.0. The highest BCUT2D eigenvalue weighted by molar-refractivity contribution is 6.66. The van der Waals surface area contributed by atoms with Crippen molar-refractivity contribution in [1.82, 2.24) is 0 Å². The first kappa shape index (κ1) is 12.3. The predicted molar refractivity (Wildman–Crippen MR) is 42.4 cm³/mol. The molecule has 0 radical (unpaired) electrons. The quantitative estimate of drug-likeness (QED) is 0.369. The van der Waals surface area contributed by atoms with Gasteiger partial charge in [0.15, 0.2) is 4.30 Å². The first-order valence-corrected chi connectivity index (χ1v) is 3.43. The molecule has 0 rings (SSSR count). The fraction of sp³-hybridized carbons (Fsp3) is 0.250. The topological polar surface area (TPSA) is 17.1 Å². The van der Waals surface area contributed by atoms with Crippen LogP contribution in [0.2, 0.25) is 0 Å².